The predicted molar refractivity (Wildman–Crippen MR) is 88.7 cm³/mol. The SMILES string of the molecule is O=C1CCC(NC(=O)Cc2cc(Cl)sc2NC(=O)C2CC2)C(=O)N1. The molecule has 1 aromatic heterocycles. The Morgan fingerprint density at radius 2 is 2.04 bits per heavy atom. The van der Waals surface area contributed by atoms with E-state index < -0.39 is 11.9 Å². The fraction of sp³-hybridized carbons (Fsp3) is 0.467. The second kappa shape index (κ2) is 6.90. The number of halogens is 1. The van der Waals surface area contributed by atoms with Gasteiger partial charge < -0.3 is 10.6 Å². The zero-order chi connectivity index (χ0) is 17.3. The summed E-state index contributed by atoms with van der Waals surface area (Å²) >= 11 is 7.20. The third-order valence-electron chi connectivity index (χ3n) is 3.89. The molecule has 0 bridgehead atoms. The molecule has 1 unspecified atom stereocenters. The summed E-state index contributed by atoms with van der Waals surface area (Å²) in [5.74, 6) is -1.19. The highest BCUT2D eigenvalue weighted by molar-refractivity contribution is 7.20. The molecular weight excluding hydrogens is 354 g/mol. The molecule has 0 spiro atoms. The van der Waals surface area contributed by atoms with Crippen LogP contribution in [0.3, 0.4) is 0 Å². The molecule has 0 aromatic carbocycles. The molecular formula is C15H16ClN3O4S. The molecule has 9 heteroatoms. The van der Waals surface area contributed by atoms with Crippen molar-refractivity contribution in [1.29, 1.82) is 0 Å². The Morgan fingerprint density at radius 1 is 1.29 bits per heavy atom. The predicted octanol–water partition coefficient (Wildman–Crippen LogP) is 1.21. The van der Waals surface area contributed by atoms with Crippen LogP contribution >= 0.6 is 22.9 Å². The Bertz CT molecular complexity index is 714. The van der Waals surface area contributed by atoms with Crippen LogP contribution in [0.25, 0.3) is 0 Å². The Balaban J connectivity index is 1.60. The first-order valence-electron chi connectivity index (χ1n) is 7.64. The number of nitrogens with one attached hydrogen (secondary N) is 3. The molecule has 7 nitrogen and oxygen atoms in total. The molecule has 0 radical (unpaired) electrons. The largest absolute Gasteiger partial charge is 0.344 e. The fourth-order valence-corrected chi connectivity index (χ4v) is 3.61. The topological polar surface area (TPSA) is 104 Å². The van der Waals surface area contributed by atoms with Gasteiger partial charge in [0.1, 0.15) is 11.0 Å². The molecule has 1 saturated heterocycles. The van der Waals surface area contributed by atoms with Gasteiger partial charge in [0.25, 0.3) is 0 Å². The number of piperidine rings is 1. The van der Waals surface area contributed by atoms with E-state index in [2.05, 4.69) is 16.0 Å². The van der Waals surface area contributed by atoms with Gasteiger partial charge in [-0.15, -0.1) is 11.3 Å². The third-order valence-corrected chi connectivity index (χ3v) is 5.11. The Hall–Kier alpha value is -1.93. The first-order chi connectivity index (χ1) is 11.4. The van der Waals surface area contributed by atoms with Gasteiger partial charge in [-0.25, -0.2) is 0 Å². The highest BCUT2D eigenvalue weighted by atomic mass is 35.5. The van der Waals surface area contributed by atoms with Crippen molar-refractivity contribution < 1.29 is 19.2 Å². The zero-order valence-corrected chi connectivity index (χ0v) is 14.3. The number of hydrogen-bond acceptors (Lipinski definition) is 5. The van der Waals surface area contributed by atoms with Crippen LogP contribution in [-0.2, 0) is 25.6 Å². The van der Waals surface area contributed by atoms with Crippen molar-refractivity contribution in [2.45, 2.75) is 38.1 Å². The molecule has 1 aromatic rings. The summed E-state index contributed by atoms with van der Waals surface area (Å²) in [6.45, 7) is 0. The number of hydrogen-bond donors (Lipinski definition) is 3. The Kier molecular flexibility index (Phi) is 4.86. The fourth-order valence-electron chi connectivity index (χ4n) is 2.44. The minimum atomic E-state index is -0.714. The van der Waals surface area contributed by atoms with Crippen molar-refractivity contribution >= 4 is 51.6 Å². The summed E-state index contributed by atoms with van der Waals surface area (Å²) in [5, 5.41) is 8.17. The quantitative estimate of drug-likeness (QED) is 0.678. The number of thiophene rings is 1. The van der Waals surface area contributed by atoms with Crippen LogP contribution in [0.15, 0.2) is 6.07 Å². The first kappa shape index (κ1) is 16.9. The molecule has 1 aliphatic heterocycles. The lowest BCUT2D eigenvalue weighted by molar-refractivity contribution is -0.137. The number of imide groups is 1. The van der Waals surface area contributed by atoms with Gasteiger partial charge in [0.15, 0.2) is 0 Å². The van der Waals surface area contributed by atoms with Gasteiger partial charge >= 0.3 is 0 Å². The van der Waals surface area contributed by atoms with Crippen LogP contribution in [-0.4, -0.2) is 29.7 Å². The number of carbonyl (C=O) groups is 4. The van der Waals surface area contributed by atoms with E-state index in [1.165, 1.54) is 11.3 Å². The van der Waals surface area contributed by atoms with E-state index in [0.717, 1.165) is 12.8 Å². The molecule has 128 valence electrons. The van der Waals surface area contributed by atoms with Crippen molar-refractivity contribution in [3.05, 3.63) is 16.0 Å². The lowest BCUT2D eigenvalue weighted by Gasteiger charge is -2.21. The first-order valence-corrected chi connectivity index (χ1v) is 8.84. The van der Waals surface area contributed by atoms with Crippen molar-refractivity contribution in [2.24, 2.45) is 5.92 Å². The Morgan fingerprint density at radius 3 is 2.71 bits per heavy atom. The molecule has 24 heavy (non-hydrogen) atoms. The lowest BCUT2D eigenvalue weighted by atomic mass is 10.1. The number of rotatable bonds is 5. The molecule has 1 atom stereocenters. The van der Waals surface area contributed by atoms with Crippen LogP contribution in [0.5, 0.6) is 0 Å². The normalized spacial score (nSPS) is 20.5. The molecule has 2 heterocycles. The monoisotopic (exact) mass is 369 g/mol. The van der Waals surface area contributed by atoms with Crippen molar-refractivity contribution in [2.75, 3.05) is 5.32 Å². The molecule has 2 fully saturated rings. The highest BCUT2D eigenvalue weighted by Gasteiger charge is 2.31. The average Bonchev–Trinajstić information content (AvgIpc) is 3.29. The summed E-state index contributed by atoms with van der Waals surface area (Å²) in [6, 6.07) is 0.924. The van der Waals surface area contributed by atoms with E-state index in [9.17, 15) is 19.2 Å². The number of anilines is 1. The number of amides is 4. The molecule has 3 rings (SSSR count). The minimum absolute atomic E-state index is 0.00122. The van der Waals surface area contributed by atoms with Gasteiger partial charge in [0.05, 0.1) is 10.8 Å². The van der Waals surface area contributed by atoms with E-state index in [4.69, 9.17) is 11.6 Å². The van der Waals surface area contributed by atoms with E-state index in [1.807, 2.05) is 0 Å². The smallest absolute Gasteiger partial charge is 0.249 e. The average molecular weight is 370 g/mol. The molecule has 3 N–H and O–H groups in total. The molecule has 1 saturated carbocycles. The van der Waals surface area contributed by atoms with Gasteiger partial charge in [0, 0.05) is 12.3 Å². The maximum atomic E-state index is 12.2. The summed E-state index contributed by atoms with van der Waals surface area (Å²) < 4.78 is 0.477. The maximum absolute atomic E-state index is 12.2. The third kappa shape index (κ3) is 4.12. The summed E-state index contributed by atoms with van der Waals surface area (Å²) in [5.41, 5.74) is 0.615. The van der Waals surface area contributed by atoms with Crippen LogP contribution in [0, 0.1) is 5.92 Å². The van der Waals surface area contributed by atoms with Crippen molar-refractivity contribution in [3.8, 4) is 0 Å². The summed E-state index contributed by atoms with van der Waals surface area (Å²) in [6.07, 6.45) is 2.25. The second-order valence-corrected chi connectivity index (χ2v) is 7.60. The van der Waals surface area contributed by atoms with E-state index in [-0.39, 0.29) is 42.9 Å². The molecule has 1 aliphatic carbocycles. The van der Waals surface area contributed by atoms with Gasteiger partial charge in [-0.2, -0.15) is 0 Å². The Labute approximate surface area is 147 Å². The molecule has 2 aliphatic rings. The van der Waals surface area contributed by atoms with Crippen molar-refractivity contribution in [3.63, 3.8) is 0 Å². The maximum Gasteiger partial charge on any atom is 0.249 e. The lowest BCUT2D eigenvalue weighted by Crippen LogP contribution is -2.52. The van der Waals surface area contributed by atoms with E-state index in [0.29, 0.717) is 14.9 Å². The highest BCUT2D eigenvalue weighted by Crippen LogP contribution is 2.35. The van der Waals surface area contributed by atoms with Crippen LogP contribution in [0.1, 0.15) is 31.2 Å². The zero-order valence-electron chi connectivity index (χ0n) is 12.7. The number of carbonyl (C=O) groups excluding carboxylic acids is 4. The van der Waals surface area contributed by atoms with Gasteiger partial charge in [0.2, 0.25) is 23.6 Å². The molecule has 4 amide bonds. The van der Waals surface area contributed by atoms with Crippen LogP contribution < -0.4 is 16.0 Å². The van der Waals surface area contributed by atoms with Crippen molar-refractivity contribution in [1.82, 2.24) is 10.6 Å². The van der Waals surface area contributed by atoms with E-state index >= 15 is 0 Å². The van der Waals surface area contributed by atoms with Crippen LogP contribution in [0.2, 0.25) is 4.34 Å². The van der Waals surface area contributed by atoms with Crippen LogP contribution in [0.4, 0.5) is 5.00 Å². The second-order valence-electron chi connectivity index (χ2n) is 5.92. The summed E-state index contributed by atoms with van der Waals surface area (Å²) in [7, 11) is 0. The van der Waals surface area contributed by atoms with Gasteiger partial charge in [-0.1, -0.05) is 11.6 Å². The standard InChI is InChI=1S/C15H16ClN3O4S/c16-10-5-8(15(24-10)19-13(22)7-1-2-7)6-12(21)17-9-3-4-11(20)18-14(9)23/h5,7,9H,1-4,6H2,(H,17,21)(H,19,22)(H,18,20,23). The minimum Gasteiger partial charge on any atom is -0.344 e. The van der Waals surface area contributed by atoms with E-state index in [1.54, 1.807) is 6.07 Å². The van der Waals surface area contributed by atoms with Gasteiger partial charge in [-0.05, 0) is 30.9 Å². The summed E-state index contributed by atoms with van der Waals surface area (Å²) in [4.78, 5) is 46.8. The van der Waals surface area contributed by atoms with Gasteiger partial charge in [-0.3, -0.25) is 24.5 Å².